The van der Waals surface area contributed by atoms with Crippen LogP contribution in [0.5, 0.6) is 11.5 Å². The van der Waals surface area contributed by atoms with Gasteiger partial charge in [0.15, 0.2) is 11.5 Å². The van der Waals surface area contributed by atoms with Gasteiger partial charge >= 0.3 is 6.03 Å². The summed E-state index contributed by atoms with van der Waals surface area (Å²) < 4.78 is 24.5. The number of piperazine rings is 1. The maximum atomic E-state index is 13.8. The maximum Gasteiger partial charge on any atom is 0.321 e. The molecule has 7 nitrogen and oxygen atoms in total. The van der Waals surface area contributed by atoms with Crippen LogP contribution in [0.4, 0.5) is 14.9 Å². The topological polar surface area (TPSA) is 71.1 Å². The second-order valence-electron chi connectivity index (χ2n) is 8.86. The minimum absolute atomic E-state index is 0.135. The highest BCUT2D eigenvalue weighted by molar-refractivity contribution is 5.91. The standard InChI is InChI=1S/C25H28FN3O4/c26-19-4-6-20(7-5-19)27-24(31)29-13-11-28(12-14-29)23(30)25(9-1-2-10-25)18-3-8-21-22(17-18)33-16-15-32-21/h3-8,17H,1-2,9-16H2,(H,27,31). The zero-order valence-corrected chi connectivity index (χ0v) is 18.5. The molecule has 8 heteroatoms. The van der Waals surface area contributed by atoms with Crippen LogP contribution in [-0.4, -0.2) is 61.1 Å². The second kappa shape index (κ2) is 8.92. The summed E-state index contributed by atoms with van der Waals surface area (Å²) >= 11 is 0. The molecule has 0 bridgehead atoms. The first-order chi connectivity index (χ1) is 16.0. The van der Waals surface area contributed by atoms with Crippen molar-refractivity contribution in [3.63, 3.8) is 0 Å². The number of hydrogen-bond donors (Lipinski definition) is 1. The molecule has 0 aromatic heterocycles. The van der Waals surface area contributed by atoms with E-state index in [0.717, 1.165) is 37.0 Å². The fraction of sp³-hybridized carbons (Fsp3) is 0.440. The number of benzene rings is 2. The summed E-state index contributed by atoms with van der Waals surface area (Å²) in [5.41, 5.74) is 0.989. The lowest BCUT2D eigenvalue weighted by atomic mass is 9.77. The molecule has 0 spiro atoms. The van der Waals surface area contributed by atoms with E-state index >= 15 is 0 Å². The van der Waals surface area contributed by atoms with Crippen LogP contribution in [0.3, 0.4) is 0 Å². The van der Waals surface area contributed by atoms with E-state index in [1.54, 1.807) is 4.90 Å². The highest BCUT2D eigenvalue weighted by Crippen LogP contribution is 2.45. The second-order valence-corrected chi connectivity index (χ2v) is 8.86. The summed E-state index contributed by atoms with van der Waals surface area (Å²) in [6.07, 6.45) is 3.66. The first-order valence-corrected chi connectivity index (χ1v) is 11.6. The Bertz CT molecular complexity index is 1030. The molecule has 2 aromatic rings. The van der Waals surface area contributed by atoms with E-state index < -0.39 is 5.41 Å². The van der Waals surface area contributed by atoms with Gasteiger partial charge in [-0.15, -0.1) is 0 Å². The van der Waals surface area contributed by atoms with Gasteiger partial charge in [-0.05, 0) is 54.8 Å². The molecule has 174 valence electrons. The average molecular weight is 454 g/mol. The molecule has 2 aliphatic heterocycles. The third-order valence-electron chi connectivity index (χ3n) is 6.91. The number of carbonyl (C=O) groups is 2. The fourth-order valence-corrected chi connectivity index (χ4v) is 5.10. The minimum Gasteiger partial charge on any atom is -0.486 e. The van der Waals surface area contributed by atoms with Gasteiger partial charge in [-0.1, -0.05) is 18.9 Å². The van der Waals surface area contributed by atoms with Gasteiger partial charge in [0.25, 0.3) is 0 Å². The van der Waals surface area contributed by atoms with Crippen molar-refractivity contribution in [3.8, 4) is 11.5 Å². The first kappa shape index (κ1) is 21.6. The fourth-order valence-electron chi connectivity index (χ4n) is 5.10. The molecule has 0 atom stereocenters. The molecule has 5 rings (SSSR count). The molecular weight excluding hydrogens is 425 g/mol. The Morgan fingerprint density at radius 3 is 2.18 bits per heavy atom. The number of rotatable bonds is 3. The summed E-state index contributed by atoms with van der Waals surface area (Å²) in [6, 6.07) is 11.3. The Labute approximate surface area is 192 Å². The molecule has 1 aliphatic carbocycles. The van der Waals surface area contributed by atoms with Crippen molar-refractivity contribution in [1.82, 2.24) is 9.80 Å². The van der Waals surface area contributed by atoms with Crippen molar-refractivity contribution < 1.29 is 23.5 Å². The quantitative estimate of drug-likeness (QED) is 0.768. The lowest BCUT2D eigenvalue weighted by molar-refractivity contribution is -0.138. The molecule has 2 heterocycles. The summed E-state index contributed by atoms with van der Waals surface area (Å²) in [5, 5.41) is 2.79. The van der Waals surface area contributed by atoms with Crippen LogP contribution in [0, 0.1) is 5.82 Å². The molecule has 2 fully saturated rings. The zero-order chi connectivity index (χ0) is 22.8. The molecule has 33 heavy (non-hydrogen) atoms. The van der Waals surface area contributed by atoms with Crippen LogP contribution in [0.25, 0.3) is 0 Å². The third-order valence-corrected chi connectivity index (χ3v) is 6.91. The lowest BCUT2D eigenvalue weighted by Gasteiger charge is -2.40. The number of fused-ring (bicyclic) bond motifs is 1. The van der Waals surface area contributed by atoms with Crippen molar-refractivity contribution >= 4 is 17.6 Å². The maximum absolute atomic E-state index is 13.8. The largest absolute Gasteiger partial charge is 0.486 e. The Hall–Kier alpha value is -3.29. The van der Waals surface area contributed by atoms with Crippen LogP contribution in [0.15, 0.2) is 42.5 Å². The summed E-state index contributed by atoms with van der Waals surface area (Å²) in [4.78, 5) is 30.0. The van der Waals surface area contributed by atoms with Gasteiger partial charge in [0, 0.05) is 31.9 Å². The number of carbonyl (C=O) groups excluding carboxylic acids is 2. The number of ether oxygens (including phenoxy) is 2. The van der Waals surface area contributed by atoms with Crippen molar-refractivity contribution in [2.45, 2.75) is 31.1 Å². The van der Waals surface area contributed by atoms with E-state index in [4.69, 9.17) is 9.47 Å². The number of hydrogen-bond acceptors (Lipinski definition) is 4. The van der Waals surface area contributed by atoms with E-state index in [-0.39, 0.29) is 17.8 Å². The SMILES string of the molecule is O=C(Nc1ccc(F)cc1)N1CCN(C(=O)C2(c3ccc4c(c3)OCCO4)CCCC2)CC1. The normalized spacial score (nSPS) is 19.3. The Morgan fingerprint density at radius 2 is 1.48 bits per heavy atom. The van der Waals surface area contributed by atoms with E-state index in [9.17, 15) is 14.0 Å². The average Bonchev–Trinajstić information content (AvgIpc) is 3.36. The smallest absolute Gasteiger partial charge is 0.321 e. The zero-order valence-electron chi connectivity index (χ0n) is 18.5. The molecule has 1 saturated carbocycles. The summed E-state index contributed by atoms with van der Waals surface area (Å²) in [5.74, 6) is 1.22. The number of anilines is 1. The monoisotopic (exact) mass is 453 g/mol. The number of amides is 3. The van der Waals surface area contributed by atoms with Crippen LogP contribution in [0.2, 0.25) is 0 Å². The molecule has 0 unspecified atom stereocenters. The molecule has 1 N–H and O–H groups in total. The predicted molar refractivity (Wildman–Crippen MR) is 121 cm³/mol. The molecule has 0 radical (unpaired) electrons. The van der Waals surface area contributed by atoms with Crippen LogP contribution in [0.1, 0.15) is 31.2 Å². The summed E-state index contributed by atoms with van der Waals surface area (Å²) in [6.45, 7) is 2.94. The number of nitrogens with zero attached hydrogens (tertiary/aromatic N) is 2. The lowest BCUT2D eigenvalue weighted by Crippen LogP contribution is -2.55. The van der Waals surface area contributed by atoms with Crippen molar-refractivity contribution in [2.24, 2.45) is 0 Å². The number of halogens is 1. The Kier molecular flexibility index (Phi) is 5.83. The van der Waals surface area contributed by atoms with E-state index in [0.29, 0.717) is 50.8 Å². The molecule has 3 aliphatic rings. The van der Waals surface area contributed by atoms with E-state index in [1.165, 1.54) is 24.3 Å². The number of nitrogens with one attached hydrogen (secondary N) is 1. The van der Waals surface area contributed by atoms with Gasteiger partial charge in [-0.3, -0.25) is 4.79 Å². The van der Waals surface area contributed by atoms with Crippen LogP contribution >= 0.6 is 0 Å². The van der Waals surface area contributed by atoms with Crippen molar-refractivity contribution in [2.75, 3.05) is 44.7 Å². The Morgan fingerprint density at radius 1 is 0.848 bits per heavy atom. The Balaban J connectivity index is 1.26. The highest BCUT2D eigenvalue weighted by Gasteiger charge is 2.46. The van der Waals surface area contributed by atoms with Gasteiger partial charge < -0.3 is 24.6 Å². The highest BCUT2D eigenvalue weighted by atomic mass is 19.1. The van der Waals surface area contributed by atoms with Crippen molar-refractivity contribution in [3.05, 3.63) is 53.8 Å². The van der Waals surface area contributed by atoms with Crippen molar-refractivity contribution in [1.29, 1.82) is 0 Å². The van der Waals surface area contributed by atoms with Gasteiger partial charge in [0.2, 0.25) is 5.91 Å². The number of urea groups is 1. The first-order valence-electron chi connectivity index (χ1n) is 11.6. The predicted octanol–water partition coefficient (Wildman–Crippen LogP) is 3.79. The molecule has 1 saturated heterocycles. The van der Waals surface area contributed by atoms with Gasteiger partial charge in [0.1, 0.15) is 19.0 Å². The molecule has 3 amide bonds. The van der Waals surface area contributed by atoms with Crippen LogP contribution < -0.4 is 14.8 Å². The van der Waals surface area contributed by atoms with Gasteiger partial charge in [-0.25, -0.2) is 9.18 Å². The van der Waals surface area contributed by atoms with Gasteiger partial charge in [-0.2, -0.15) is 0 Å². The van der Waals surface area contributed by atoms with Gasteiger partial charge in [0.05, 0.1) is 5.41 Å². The van der Waals surface area contributed by atoms with Crippen LogP contribution in [-0.2, 0) is 10.2 Å². The van der Waals surface area contributed by atoms with E-state index in [2.05, 4.69) is 5.32 Å². The molecule has 2 aromatic carbocycles. The van der Waals surface area contributed by atoms with E-state index in [1.807, 2.05) is 23.1 Å². The summed E-state index contributed by atoms with van der Waals surface area (Å²) in [7, 11) is 0. The third kappa shape index (κ3) is 4.21. The molecular formula is C25H28FN3O4. The minimum atomic E-state index is -0.547.